The van der Waals surface area contributed by atoms with Crippen LogP contribution in [0.25, 0.3) is 0 Å². The largest absolute Gasteiger partial charge is 0.497 e. The Morgan fingerprint density at radius 1 is 1.05 bits per heavy atom. The number of imide groups is 1. The Kier molecular flexibility index (Phi) is 6.18. The molecule has 2 N–H and O–H groups in total. The van der Waals surface area contributed by atoms with Crippen molar-refractivity contribution in [3.8, 4) is 11.5 Å². The standard InChI is InChI=1S/C14H18N2O6/c1-8(12(17)16-14(19)15-2)22-13(18)9-5-10(20-3)7-11(6-9)21-4/h5-8H,1-4H3,(H2,15,16,17,19). The van der Waals surface area contributed by atoms with E-state index in [1.54, 1.807) is 6.07 Å². The van der Waals surface area contributed by atoms with E-state index in [9.17, 15) is 14.4 Å². The van der Waals surface area contributed by atoms with Crippen LogP contribution in [0.2, 0.25) is 0 Å². The summed E-state index contributed by atoms with van der Waals surface area (Å²) in [6.45, 7) is 1.35. The van der Waals surface area contributed by atoms with Gasteiger partial charge in [0, 0.05) is 13.1 Å². The van der Waals surface area contributed by atoms with Crippen LogP contribution in [-0.4, -0.2) is 45.3 Å². The van der Waals surface area contributed by atoms with E-state index in [1.807, 2.05) is 5.32 Å². The fourth-order valence-corrected chi connectivity index (χ4v) is 1.48. The molecule has 22 heavy (non-hydrogen) atoms. The summed E-state index contributed by atoms with van der Waals surface area (Å²) in [6.07, 6.45) is -1.14. The van der Waals surface area contributed by atoms with E-state index < -0.39 is 24.0 Å². The van der Waals surface area contributed by atoms with Gasteiger partial charge < -0.3 is 19.5 Å². The van der Waals surface area contributed by atoms with Crippen molar-refractivity contribution >= 4 is 17.9 Å². The molecule has 0 aliphatic carbocycles. The Labute approximate surface area is 127 Å². The zero-order valence-electron chi connectivity index (χ0n) is 12.8. The summed E-state index contributed by atoms with van der Waals surface area (Å²) < 4.78 is 15.1. The van der Waals surface area contributed by atoms with Gasteiger partial charge in [0.2, 0.25) is 0 Å². The number of carbonyl (C=O) groups excluding carboxylic acids is 3. The third kappa shape index (κ3) is 4.65. The summed E-state index contributed by atoms with van der Waals surface area (Å²) >= 11 is 0. The number of hydrogen-bond acceptors (Lipinski definition) is 6. The molecule has 0 aromatic heterocycles. The molecule has 1 aromatic carbocycles. The molecule has 1 aromatic rings. The van der Waals surface area contributed by atoms with Crippen LogP contribution >= 0.6 is 0 Å². The number of benzene rings is 1. The monoisotopic (exact) mass is 310 g/mol. The van der Waals surface area contributed by atoms with Gasteiger partial charge in [-0.25, -0.2) is 9.59 Å². The van der Waals surface area contributed by atoms with Gasteiger partial charge in [-0.05, 0) is 19.1 Å². The first kappa shape index (κ1) is 17.3. The van der Waals surface area contributed by atoms with Crippen molar-refractivity contribution in [3.05, 3.63) is 23.8 Å². The van der Waals surface area contributed by atoms with Crippen LogP contribution in [0.1, 0.15) is 17.3 Å². The second-order valence-corrected chi connectivity index (χ2v) is 4.22. The molecule has 1 unspecified atom stereocenters. The quantitative estimate of drug-likeness (QED) is 0.776. The molecule has 0 heterocycles. The highest BCUT2D eigenvalue weighted by Gasteiger charge is 2.21. The fraction of sp³-hybridized carbons (Fsp3) is 0.357. The predicted molar refractivity (Wildman–Crippen MR) is 77.0 cm³/mol. The van der Waals surface area contributed by atoms with Gasteiger partial charge in [0.15, 0.2) is 6.10 Å². The summed E-state index contributed by atoms with van der Waals surface area (Å²) in [5.41, 5.74) is 0.163. The van der Waals surface area contributed by atoms with Gasteiger partial charge in [-0.3, -0.25) is 10.1 Å². The molecule has 0 saturated heterocycles. The first-order chi connectivity index (χ1) is 10.4. The number of hydrogen-bond donors (Lipinski definition) is 2. The van der Waals surface area contributed by atoms with E-state index in [2.05, 4.69) is 5.32 Å². The molecule has 0 fully saturated rings. The maximum Gasteiger partial charge on any atom is 0.339 e. The molecule has 120 valence electrons. The highest BCUT2D eigenvalue weighted by Crippen LogP contribution is 2.23. The minimum absolute atomic E-state index is 0.163. The molecule has 3 amide bonds. The van der Waals surface area contributed by atoms with E-state index in [-0.39, 0.29) is 5.56 Å². The van der Waals surface area contributed by atoms with E-state index in [4.69, 9.17) is 14.2 Å². The minimum atomic E-state index is -1.14. The normalized spacial score (nSPS) is 11.1. The molecule has 8 heteroatoms. The smallest absolute Gasteiger partial charge is 0.339 e. The molecule has 8 nitrogen and oxygen atoms in total. The molecule has 1 rings (SSSR count). The average molecular weight is 310 g/mol. The zero-order valence-corrected chi connectivity index (χ0v) is 12.8. The van der Waals surface area contributed by atoms with Crippen LogP contribution in [0.3, 0.4) is 0 Å². The third-order valence-electron chi connectivity index (χ3n) is 2.70. The van der Waals surface area contributed by atoms with E-state index in [0.717, 1.165) is 0 Å². The topological polar surface area (TPSA) is 103 Å². The van der Waals surface area contributed by atoms with Crippen molar-refractivity contribution in [1.82, 2.24) is 10.6 Å². The highest BCUT2D eigenvalue weighted by molar-refractivity contribution is 5.98. The first-order valence-electron chi connectivity index (χ1n) is 6.38. The minimum Gasteiger partial charge on any atom is -0.497 e. The Morgan fingerprint density at radius 2 is 1.59 bits per heavy atom. The lowest BCUT2D eigenvalue weighted by Gasteiger charge is -2.13. The number of amides is 3. The first-order valence-corrected chi connectivity index (χ1v) is 6.38. The van der Waals surface area contributed by atoms with Crippen molar-refractivity contribution < 1.29 is 28.6 Å². The number of urea groups is 1. The molecule has 0 saturated carbocycles. The molecular formula is C14H18N2O6. The van der Waals surface area contributed by atoms with E-state index in [1.165, 1.54) is 40.3 Å². The van der Waals surface area contributed by atoms with Crippen LogP contribution in [0, 0.1) is 0 Å². The lowest BCUT2D eigenvalue weighted by atomic mass is 10.2. The number of rotatable bonds is 5. The average Bonchev–Trinajstić information content (AvgIpc) is 2.53. The number of nitrogens with one attached hydrogen (secondary N) is 2. The molecule has 0 radical (unpaired) electrons. The van der Waals surface area contributed by atoms with Gasteiger partial charge in [-0.15, -0.1) is 0 Å². The van der Waals surface area contributed by atoms with Crippen LogP contribution in [0.5, 0.6) is 11.5 Å². The molecule has 0 bridgehead atoms. The number of carbonyl (C=O) groups is 3. The van der Waals surface area contributed by atoms with Crippen LogP contribution in [0.15, 0.2) is 18.2 Å². The second-order valence-electron chi connectivity index (χ2n) is 4.22. The maximum absolute atomic E-state index is 12.0. The maximum atomic E-state index is 12.0. The Balaban J connectivity index is 2.80. The van der Waals surface area contributed by atoms with Crippen molar-refractivity contribution in [2.75, 3.05) is 21.3 Å². The predicted octanol–water partition coefficient (Wildman–Crippen LogP) is 0.705. The third-order valence-corrected chi connectivity index (χ3v) is 2.70. The van der Waals surface area contributed by atoms with Gasteiger partial charge in [0.05, 0.1) is 19.8 Å². The summed E-state index contributed by atoms with van der Waals surface area (Å²) in [4.78, 5) is 34.7. The molecule has 0 aliphatic rings. The van der Waals surface area contributed by atoms with Gasteiger partial charge >= 0.3 is 12.0 Å². The molecule has 0 aliphatic heterocycles. The fourth-order valence-electron chi connectivity index (χ4n) is 1.48. The zero-order chi connectivity index (χ0) is 16.7. The lowest BCUT2D eigenvalue weighted by Crippen LogP contribution is -2.43. The van der Waals surface area contributed by atoms with Crippen LogP contribution < -0.4 is 20.1 Å². The van der Waals surface area contributed by atoms with Crippen LogP contribution in [-0.2, 0) is 9.53 Å². The van der Waals surface area contributed by atoms with E-state index in [0.29, 0.717) is 11.5 Å². The lowest BCUT2D eigenvalue weighted by molar-refractivity contribution is -0.127. The summed E-state index contributed by atoms with van der Waals surface area (Å²) in [7, 11) is 4.26. The van der Waals surface area contributed by atoms with E-state index >= 15 is 0 Å². The number of methoxy groups -OCH3 is 2. The van der Waals surface area contributed by atoms with Gasteiger partial charge in [-0.2, -0.15) is 0 Å². The van der Waals surface area contributed by atoms with Crippen molar-refractivity contribution in [2.24, 2.45) is 0 Å². The molecule has 1 atom stereocenters. The highest BCUT2D eigenvalue weighted by atomic mass is 16.5. The summed E-state index contributed by atoms with van der Waals surface area (Å²) in [5, 5.41) is 4.24. The molecule has 0 spiro atoms. The second kappa shape index (κ2) is 7.87. The van der Waals surface area contributed by atoms with Crippen molar-refractivity contribution in [3.63, 3.8) is 0 Å². The van der Waals surface area contributed by atoms with Crippen molar-refractivity contribution in [1.29, 1.82) is 0 Å². The van der Waals surface area contributed by atoms with Gasteiger partial charge in [0.1, 0.15) is 11.5 Å². The number of esters is 1. The summed E-state index contributed by atoms with van der Waals surface area (Å²) in [5.74, 6) is -0.651. The molecular weight excluding hydrogens is 292 g/mol. The summed E-state index contributed by atoms with van der Waals surface area (Å²) in [6, 6.07) is 3.82. The van der Waals surface area contributed by atoms with Crippen molar-refractivity contribution in [2.45, 2.75) is 13.0 Å². The number of ether oxygens (including phenoxy) is 3. The Bertz CT molecular complexity index is 550. The Morgan fingerprint density at radius 3 is 2.05 bits per heavy atom. The van der Waals surface area contributed by atoms with Gasteiger partial charge in [-0.1, -0.05) is 0 Å². The Hall–Kier alpha value is -2.77. The SMILES string of the molecule is CNC(=O)NC(=O)C(C)OC(=O)c1cc(OC)cc(OC)c1. The van der Waals surface area contributed by atoms with Gasteiger partial charge in [0.25, 0.3) is 5.91 Å². The van der Waals surface area contributed by atoms with Crippen LogP contribution in [0.4, 0.5) is 4.79 Å².